The van der Waals surface area contributed by atoms with Crippen LogP contribution in [-0.4, -0.2) is 16.1 Å². The van der Waals surface area contributed by atoms with Gasteiger partial charge in [-0.2, -0.15) is 0 Å². The van der Waals surface area contributed by atoms with Gasteiger partial charge in [0, 0.05) is 16.0 Å². The molecule has 1 N–H and O–H groups in total. The minimum atomic E-state index is -1.10. The summed E-state index contributed by atoms with van der Waals surface area (Å²) in [4.78, 5) is 16.5. The van der Waals surface area contributed by atoms with Gasteiger partial charge in [0.15, 0.2) is 0 Å². The van der Waals surface area contributed by atoms with Crippen LogP contribution >= 0.6 is 23.2 Å². The highest BCUT2D eigenvalue weighted by atomic mass is 35.5. The summed E-state index contributed by atoms with van der Waals surface area (Å²) < 4.78 is 13.6. The normalized spacial score (nSPS) is 11.3. The van der Waals surface area contributed by atoms with Gasteiger partial charge in [0.25, 0.3) is 0 Å². The lowest BCUT2D eigenvalue weighted by molar-refractivity contribution is 0.0695. The summed E-state index contributed by atoms with van der Waals surface area (Å²) in [5.41, 5.74) is 2.09. The molecule has 0 atom stereocenters. The topological polar surface area (TPSA) is 50.2 Å². The molecule has 0 saturated carbocycles. The lowest BCUT2D eigenvalue weighted by Gasteiger charge is -2.17. The molecule has 3 nitrogen and oxygen atoms in total. The highest BCUT2D eigenvalue weighted by Gasteiger charge is 2.24. The van der Waals surface area contributed by atoms with E-state index in [9.17, 15) is 14.3 Å². The van der Waals surface area contributed by atoms with Gasteiger partial charge in [-0.15, -0.1) is 0 Å². The van der Waals surface area contributed by atoms with Gasteiger partial charge in [-0.1, -0.05) is 43.1 Å². The molecular formula is C19H14Cl2FNO2. The highest BCUT2D eigenvalue weighted by Crippen LogP contribution is 2.37. The Bertz CT molecular complexity index is 1000. The highest BCUT2D eigenvalue weighted by molar-refractivity contribution is 6.32. The second kappa shape index (κ2) is 6.62. The zero-order valence-electron chi connectivity index (χ0n) is 13.5. The molecule has 0 aliphatic carbocycles. The Morgan fingerprint density at radius 1 is 1.16 bits per heavy atom. The van der Waals surface area contributed by atoms with Crippen molar-refractivity contribution in [2.75, 3.05) is 0 Å². The number of halogens is 3. The molecule has 0 unspecified atom stereocenters. The standard InChI is InChI=1S/C19H14Cl2FNO2/c1-9(2)18-17(19(24)25)16(10-3-5-14(22)13(21)7-10)12-8-11(20)4-6-15(12)23-18/h3-9H,1-2H3,(H,24,25). The Morgan fingerprint density at radius 2 is 1.88 bits per heavy atom. The summed E-state index contributed by atoms with van der Waals surface area (Å²) in [5.74, 6) is -1.78. The van der Waals surface area contributed by atoms with E-state index in [1.54, 1.807) is 18.2 Å². The maximum atomic E-state index is 13.6. The molecule has 2 aromatic carbocycles. The minimum Gasteiger partial charge on any atom is -0.478 e. The van der Waals surface area contributed by atoms with E-state index >= 15 is 0 Å². The van der Waals surface area contributed by atoms with Crippen LogP contribution < -0.4 is 0 Å². The molecule has 1 aromatic heterocycles. The molecule has 3 aromatic rings. The van der Waals surface area contributed by atoms with Crippen LogP contribution in [0.5, 0.6) is 0 Å². The van der Waals surface area contributed by atoms with Crippen LogP contribution in [-0.2, 0) is 0 Å². The van der Waals surface area contributed by atoms with Crippen LogP contribution in [0, 0.1) is 5.82 Å². The monoisotopic (exact) mass is 377 g/mol. The van der Waals surface area contributed by atoms with Crippen molar-refractivity contribution in [3.05, 3.63) is 63.5 Å². The van der Waals surface area contributed by atoms with E-state index in [-0.39, 0.29) is 16.5 Å². The van der Waals surface area contributed by atoms with Gasteiger partial charge < -0.3 is 5.11 Å². The van der Waals surface area contributed by atoms with Crippen molar-refractivity contribution in [3.63, 3.8) is 0 Å². The summed E-state index contributed by atoms with van der Waals surface area (Å²) in [7, 11) is 0. The first-order valence-electron chi connectivity index (χ1n) is 7.61. The van der Waals surface area contributed by atoms with E-state index in [2.05, 4.69) is 4.98 Å². The first-order chi connectivity index (χ1) is 11.8. The van der Waals surface area contributed by atoms with Crippen LogP contribution in [0.1, 0.15) is 35.8 Å². The van der Waals surface area contributed by atoms with Gasteiger partial charge >= 0.3 is 5.97 Å². The third-order valence-corrected chi connectivity index (χ3v) is 4.47. The van der Waals surface area contributed by atoms with Gasteiger partial charge in [-0.3, -0.25) is 4.98 Å². The Morgan fingerprint density at radius 3 is 2.48 bits per heavy atom. The number of aromatic carboxylic acids is 1. The minimum absolute atomic E-state index is 0.0763. The van der Waals surface area contributed by atoms with Crippen molar-refractivity contribution in [3.8, 4) is 11.1 Å². The van der Waals surface area contributed by atoms with Crippen molar-refractivity contribution < 1.29 is 14.3 Å². The molecule has 3 rings (SSSR count). The van der Waals surface area contributed by atoms with Gasteiger partial charge in [-0.05, 0) is 41.8 Å². The smallest absolute Gasteiger partial charge is 0.338 e. The van der Waals surface area contributed by atoms with Gasteiger partial charge in [0.2, 0.25) is 0 Å². The van der Waals surface area contributed by atoms with Crippen LogP contribution in [0.3, 0.4) is 0 Å². The largest absolute Gasteiger partial charge is 0.478 e. The average Bonchev–Trinajstić information content (AvgIpc) is 2.55. The SMILES string of the molecule is CC(C)c1nc2ccc(Cl)cc2c(-c2ccc(F)c(Cl)c2)c1C(=O)O. The molecule has 128 valence electrons. The van der Waals surface area contributed by atoms with E-state index < -0.39 is 11.8 Å². The van der Waals surface area contributed by atoms with E-state index in [0.29, 0.717) is 32.7 Å². The van der Waals surface area contributed by atoms with Crippen molar-refractivity contribution in [1.82, 2.24) is 4.98 Å². The second-order valence-electron chi connectivity index (χ2n) is 6.00. The predicted octanol–water partition coefficient (Wildman–Crippen LogP) is 6.17. The Labute approximate surface area is 154 Å². The molecular weight excluding hydrogens is 364 g/mol. The van der Waals surface area contributed by atoms with Crippen molar-refractivity contribution in [2.24, 2.45) is 0 Å². The quantitative estimate of drug-likeness (QED) is 0.593. The maximum Gasteiger partial charge on any atom is 0.338 e. The fourth-order valence-corrected chi connectivity index (χ4v) is 3.19. The third-order valence-electron chi connectivity index (χ3n) is 3.94. The van der Waals surface area contributed by atoms with E-state index in [1.165, 1.54) is 18.2 Å². The van der Waals surface area contributed by atoms with Crippen LogP contribution in [0.25, 0.3) is 22.0 Å². The number of carboxylic acid groups (broad SMARTS) is 1. The number of fused-ring (bicyclic) bond motifs is 1. The maximum absolute atomic E-state index is 13.6. The molecule has 0 saturated heterocycles. The number of carboxylic acids is 1. The molecule has 0 bridgehead atoms. The lowest BCUT2D eigenvalue weighted by Crippen LogP contribution is -2.10. The fourth-order valence-electron chi connectivity index (χ4n) is 2.84. The van der Waals surface area contributed by atoms with E-state index in [0.717, 1.165) is 0 Å². The van der Waals surface area contributed by atoms with Crippen LogP contribution in [0.2, 0.25) is 10.0 Å². The molecule has 25 heavy (non-hydrogen) atoms. The molecule has 1 heterocycles. The zero-order chi connectivity index (χ0) is 18.3. The lowest BCUT2D eigenvalue weighted by atomic mass is 9.91. The second-order valence-corrected chi connectivity index (χ2v) is 6.84. The summed E-state index contributed by atoms with van der Waals surface area (Å²) in [6.07, 6.45) is 0. The zero-order valence-corrected chi connectivity index (χ0v) is 15.0. The van der Waals surface area contributed by atoms with Gasteiger partial charge in [0.1, 0.15) is 5.82 Å². The molecule has 6 heteroatoms. The van der Waals surface area contributed by atoms with Gasteiger partial charge in [0.05, 0.1) is 21.8 Å². The first-order valence-corrected chi connectivity index (χ1v) is 8.37. The summed E-state index contributed by atoms with van der Waals surface area (Å²) in [5, 5.41) is 10.8. The molecule has 0 fully saturated rings. The molecule has 0 aliphatic heterocycles. The van der Waals surface area contributed by atoms with Crippen molar-refractivity contribution >= 4 is 40.1 Å². The number of carbonyl (C=O) groups is 1. The third kappa shape index (κ3) is 3.20. The number of nitrogens with zero attached hydrogens (tertiary/aromatic N) is 1. The Hall–Kier alpha value is -2.17. The summed E-state index contributed by atoms with van der Waals surface area (Å²) in [6.45, 7) is 3.75. The molecule has 0 amide bonds. The number of rotatable bonds is 3. The number of aromatic nitrogens is 1. The van der Waals surface area contributed by atoms with Gasteiger partial charge in [-0.25, -0.2) is 9.18 Å². The molecule has 0 aliphatic rings. The van der Waals surface area contributed by atoms with Crippen molar-refractivity contribution in [2.45, 2.75) is 19.8 Å². The predicted molar refractivity (Wildman–Crippen MR) is 98.2 cm³/mol. The van der Waals surface area contributed by atoms with Crippen LogP contribution in [0.4, 0.5) is 4.39 Å². The van der Waals surface area contributed by atoms with E-state index in [4.69, 9.17) is 23.2 Å². The van der Waals surface area contributed by atoms with E-state index in [1.807, 2.05) is 13.8 Å². The van der Waals surface area contributed by atoms with Crippen molar-refractivity contribution in [1.29, 1.82) is 0 Å². The molecule has 0 radical (unpaired) electrons. The average molecular weight is 378 g/mol. The summed E-state index contributed by atoms with van der Waals surface area (Å²) >= 11 is 12.0. The first kappa shape index (κ1) is 17.6. The fraction of sp³-hybridized carbons (Fsp3) is 0.158. The summed E-state index contributed by atoms with van der Waals surface area (Å²) in [6, 6.07) is 9.24. The number of pyridine rings is 1. The number of hydrogen-bond acceptors (Lipinski definition) is 2. The molecule has 0 spiro atoms. The number of benzene rings is 2. The Kier molecular flexibility index (Phi) is 4.67. The van der Waals surface area contributed by atoms with Crippen LogP contribution in [0.15, 0.2) is 36.4 Å². The number of hydrogen-bond donors (Lipinski definition) is 1. The Balaban J connectivity index is 2.51.